The van der Waals surface area contributed by atoms with Crippen molar-refractivity contribution < 1.29 is 9.90 Å². The maximum Gasteiger partial charge on any atom is 0.237 e. The first-order valence-electron chi connectivity index (χ1n) is 6.60. The van der Waals surface area contributed by atoms with Gasteiger partial charge < -0.3 is 10.4 Å². The van der Waals surface area contributed by atoms with Gasteiger partial charge in [0.25, 0.3) is 0 Å². The van der Waals surface area contributed by atoms with Gasteiger partial charge in [0, 0.05) is 18.0 Å². The number of carbonyl (C=O) groups is 1. The summed E-state index contributed by atoms with van der Waals surface area (Å²) in [4.78, 5) is 13.7. The van der Waals surface area contributed by atoms with Gasteiger partial charge in [-0.05, 0) is 41.0 Å². The number of aliphatic hydroxyl groups is 1. The van der Waals surface area contributed by atoms with E-state index in [2.05, 4.69) is 30.6 Å². The van der Waals surface area contributed by atoms with Gasteiger partial charge in [-0.3, -0.25) is 4.79 Å². The summed E-state index contributed by atoms with van der Waals surface area (Å²) in [5.74, 6) is 1.13. The highest BCUT2D eigenvalue weighted by atomic mass is 32.2. The highest BCUT2D eigenvalue weighted by Crippen LogP contribution is 2.39. The Morgan fingerprint density at radius 3 is 3.11 bits per heavy atom. The number of thioether (sulfide) groups is 1. The Kier molecular flexibility index (Phi) is 4.92. The molecule has 2 N–H and O–H groups in total. The molecular formula is C14H21NO2S2. The zero-order valence-electron chi connectivity index (χ0n) is 11.4. The summed E-state index contributed by atoms with van der Waals surface area (Å²) in [5, 5.41) is 14.1. The quantitative estimate of drug-likeness (QED) is 0.878. The van der Waals surface area contributed by atoms with Crippen molar-refractivity contribution in [1.29, 1.82) is 0 Å². The smallest absolute Gasteiger partial charge is 0.237 e. The van der Waals surface area contributed by atoms with Gasteiger partial charge >= 0.3 is 0 Å². The molecule has 1 aromatic heterocycles. The van der Waals surface area contributed by atoms with Gasteiger partial charge in [0.2, 0.25) is 5.91 Å². The summed E-state index contributed by atoms with van der Waals surface area (Å²) in [6, 6.07) is 2.08. The molecule has 1 unspecified atom stereocenters. The van der Waals surface area contributed by atoms with E-state index in [1.165, 1.54) is 10.4 Å². The maximum atomic E-state index is 12.3. The minimum Gasteiger partial charge on any atom is -0.396 e. The molecule has 0 aromatic carbocycles. The van der Waals surface area contributed by atoms with Crippen LogP contribution in [0.4, 0.5) is 0 Å². The Labute approximate surface area is 122 Å². The zero-order chi connectivity index (χ0) is 13.9. The molecule has 5 heteroatoms. The number of carbonyl (C=O) groups excluding carboxylic acids is 1. The molecule has 2 heterocycles. The van der Waals surface area contributed by atoms with Gasteiger partial charge in [-0.1, -0.05) is 13.8 Å². The van der Waals surface area contributed by atoms with Crippen LogP contribution in [0.15, 0.2) is 11.4 Å². The highest BCUT2D eigenvalue weighted by Gasteiger charge is 2.29. The second kappa shape index (κ2) is 6.29. The molecular weight excluding hydrogens is 278 g/mol. The summed E-state index contributed by atoms with van der Waals surface area (Å²) < 4.78 is 0. The summed E-state index contributed by atoms with van der Waals surface area (Å²) >= 11 is 3.48. The minimum absolute atomic E-state index is 0.0543. The SMILES string of the molecule is CC(C)(CCO)CNC(=O)C1SCCc2sccc21. The number of fused-ring (bicyclic) bond motifs is 1. The van der Waals surface area contributed by atoms with E-state index >= 15 is 0 Å². The molecule has 1 aromatic rings. The number of aryl methyl sites for hydroxylation is 1. The van der Waals surface area contributed by atoms with Crippen molar-refractivity contribution in [3.63, 3.8) is 0 Å². The van der Waals surface area contributed by atoms with Crippen molar-refractivity contribution in [3.8, 4) is 0 Å². The summed E-state index contributed by atoms with van der Waals surface area (Å²) in [6.45, 7) is 4.90. The van der Waals surface area contributed by atoms with E-state index in [4.69, 9.17) is 5.11 Å². The number of hydrogen-bond donors (Lipinski definition) is 2. The molecule has 0 saturated carbocycles. The van der Waals surface area contributed by atoms with Crippen molar-refractivity contribution in [1.82, 2.24) is 5.32 Å². The van der Waals surface area contributed by atoms with Crippen molar-refractivity contribution in [2.75, 3.05) is 18.9 Å². The third-order valence-corrected chi connectivity index (χ3v) is 5.68. The molecule has 1 aliphatic rings. The molecule has 2 rings (SSSR count). The lowest BCUT2D eigenvalue weighted by molar-refractivity contribution is -0.121. The Hall–Kier alpha value is -0.520. The molecule has 106 valence electrons. The second-order valence-electron chi connectivity index (χ2n) is 5.66. The molecule has 0 radical (unpaired) electrons. The first-order valence-corrected chi connectivity index (χ1v) is 8.53. The number of aliphatic hydroxyl groups excluding tert-OH is 1. The second-order valence-corrected chi connectivity index (χ2v) is 7.87. The standard InChI is InChI=1S/C14H21NO2S2/c1-14(2,5-6-16)9-15-13(17)12-10-3-7-18-11(10)4-8-19-12/h3,7,12,16H,4-6,8-9H2,1-2H3,(H,15,17). The van der Waals surface area contributed by atoms with Crippen LogP contribution in [0.3, 0.4) is 0 Å². The number of rotatable bonds is 5. The predicted molar refractivity (Wildman–Crippen MR) is 81.7 cm³/mol. The van der Waals surface area contributed by atoms with E-state index in [9.17, 15) is 4.79 Å². The van der Waals surface area contributed by atoms with Crippen molar-refractivity contribution in [3.05, 3.63) is 21.9 Å². The van der Waals surface area contributed by atoms with Gasteiger partial charge in [0.05, 0.1) is 0 Å². The van der Waals surface area contributed by atoms with Crippen molar-refractivity contribution in [2.24, 2.45) is 5.41 Å². The van der Waals surface area contributed by atoms with Gasteiger partial charge in [0.15, 0.2) is 0 Å². The maximum absolute atomic E-state index is 12.3. The number of amides is 1. The van der Waals surface area contributed by atoms with E-state index in [1.807, 2.05) is 0 Å². The van der Waals surface area contributed by atoms with Crippen LogP contribution < -0.4 is 5.32 Å². The molecule has 1 atom stereocenters. The summed E-state index contributed by atoms with van der Waals surface area (Å²) in [7, 11) is 0. The zero-order valence-corrected chi connectivity index (χ0v) is 13.1. The monoisotopic (exact) mass is 299 g/mol. The van der Waals surface area contributed by atoms with E-state index in [0.29, 0.717) is 13.0 Å². The molecule has 0 spiro atoms. The molecule has 0 aliphatic carbocycles. The molecule has 1 amide bonds. The average Bonchev–Trinajstić information content (AvgIpc) is 2.84. The Morgan fingerprint density at radius 1 is 1.58 bits per heavy atom. The van der Waals surface area contributed by atoms with Crippen LogP contribution in [0, 0.1) is 5.41 Å². The molecule has 3 nitrogen and oxygen atoms in total. The fraction of sp³-hybridized carbons (Fsp3) is 0.643. The summed E-state index contributed by atoms with van der Waals surface area (Å²) in [6.07, 6.45) is 1.78. The summed E-state index contributed by atoms with van der Waals surface area (Å²) in [5.41, 5.74) is 1.14. The fourth-order valence-electron chi connectivity index (χ4n) is 2.17. The van der Waals surface area contributed by atoms with Crippen LogP contribution in [-0.2, 0) is 11.2 Å². The van der Waals surface area contributed by atoms with Gasteiger partial charge in [0.1, 0.15) is 5.25 Å². The molecule has 19 heavy (non-hydrogen) atoms. The van der Waals surface area contributed by atoms with E-state index in [-0.39, 0.29) is 23.2 Å². The van der Waals surface area contributed by atoms with Gasteiger partial charge in [-0.2, -0.15) is 0 Å². The topological polar surface area (TPSA) is 49.3 Å². The van der Waals surface area contributed by atoms with Crippen LogP contribution in [-0.4, -0.2) is 29.9 Å². The Morgan fingerprint density at radius 2 is 2.37 bits per heavy atom. The number of nitrogens with one attached hydrogen (secondary N) is 1. The molecule has 0 fully saturated rings. The highest BCUT2D eigenvalue weighted by molar-refractivity contribution is 8.00. The van der Waals surface area contributed by atoms with Crippen LogP contribution in [0.1, 0.15) is 36.0 Å². The number of hydrogen-bond acceptors (Lipinski definition) is 4. The normalized spacial score (nSPS) is 19.0. The number of thiophene rings is 1. The molecule has 1 aliphatic heterocycles. The third-order valence-electron chi connectivity index (χ3n) is 3.44. The van der Waals surface area contributed by atoms with Gasteiger partial charge in [-0.25, -0.2) is 0 Å². The first-order chi connectivity index (χ1) is 9.03. The van der Waals surface area contributed by atoms with E-state index in [0.717, 1.165) is 12.2 Å². The lowest BCUT2D eigenvalue weighted by atomic mass is 9.89. The van der Waals surface area contributed by atoms with E-state index < -0.39 is 0 Å². The lowest BCUT2D eigenvalue weighted by Crippen LogP contribution is -2.37. The van der Waals surface area contributed by atoms with Crippen LogP contribution in [0.2, 0.25) is 0 Å². The Balaban J connectivity index is 1.95. The van der Waals surface area contributed by atoms with Crippen molar-refractivity contribution >= 4 is 29.0 Å². The largest absolute Gasteiger partial charge is 0.396 e. The lowest BCUT2D eigenvalue weighted by Gasteiger charge is -2.27. The minimum atomic E-state index is -0.0556. The fourth-order valence-corrected chi connectivity index (χ4v) is 4.49. The van der Waals surface area contributed by atoms with Crippen LogP contribution in [0.5, 0.6) is 0 Å². The average molecular weight is 299 g/mol. The third kappa shape index (κ3) is 3.74. The van der Waals surface area contributed by atoms with Crippen molar-refractivity contribution in [2.45, 2.75) is 31.9 Å². The predicted octanol–water partition coefficient (Wildman–Crippen LogP) is 2.60. The van der Waals surface area contributed by atoms with Crippen LogP contribution >= 0.6 is 23.1 Å². The Bertz CT molecular complexity index is 442. The van der Waals surface area contributed by atoms with E-state index in [1.54, 1.807) is 23.1 Å². The van der Waals surface area contributed by atoms with Gasteiger partial charge in [-0.15, -0.1) is 23.1 Å². The molecule has 0 saturated heterocycles. The molecule has 0 bridgehead atoms. The first kappa shape index (κ1) is 14.9. The van der Waals surface area contributed by atoms with Crippen LogP contribution in [0.25, 0.3) is 0 Å².